The van der Waals surface area contributed by atoms with Crippen LogP contribution in [0.4, 0.5) is 4.79 Å². The molecule has 31 heavy (non-hydrogen) atoms. The quantitative estimate of drug-likeness (QED) is 0.322. The number of nitrogens with one attached hydrogen (secondary N) is 1. The third-order valence-electron chi connectivity index (χ3n) is 5.14. The molecule has 6 nitrogen and oxygen atoms in total. The number of benzene rings is 2. The summed E-state index contributed by atoms with van der Waals surface area (Å²) in [5, 5.41) is 12.5. The van der Waals surface area contributed by atoms with Crippen molar-refractivity contribution in [3.63, 3.8) is 0 Å². The molecule has 2 N–H and O–H groups in total. The molecule has 2 amide bonds. The van der Waals surface area contributed by atoms with Crippen LogP contribution < -0.4 is 10.1 Å². The van der Waals surface area contributed by atoms with E-state index < -0.39 is 5.97 Å². The van der Waals surface area contributed by atoms with Gasteiger partial charge in [0.15, 0.2) is 0 Å². The van der Waals surface area contributed by atoms with Crippen molar-refractivity contribution in [1.82, 2.24) is 5.32 Å². The number of ether oxygens (including phenoxy) is 1. The van der Waals surface area contributed by atoms with Crippen molar-refractivity contribution in [3.05, 3.63) is 46.9 Å². The highest BCUT2D eigenvalue weighted by Crippen LogP contribution is 2.32. The first kappa shape index (κ1) is 22.9. The normalized spacial score (nSPS) is 14.9. The van der Waals surface area contributed by atoms with Gasteiger partial charge in [0.2, 0.25) is 0 Å². The van der Waals surface area contributed by atoms with Gasteiger partial charge < -0.3 is 9.84 Å². The van der Waals surface area contributed by atoms with Gasteiger partial charge in [0.25, 0.3) is 11.1 Å². The van der Waals surface area contributed by atoms with Crippen LogP contribution in [0.15, 0.2) is 41.3 Å². The summed E-state index contributed by atoms with van der Waals surface area (Å²) < 4.78 is 6.03. The van der Waals surface area contributed by atoms with E-state index in [-0.39, 0.29) is 17.6 Å². The molecule has 0 saturated carbocycles. The van der Waals surface area contributed by atoms with Crippen LogP contribution in [0.2, 0.25) is 0 Å². The smallest absolute Gasteiger partial charge is 0.303 e. The molecular weight excluding hydrogens is 414 g/mol. The van der Waals surface area contributed by atoms with E-state index in [1.54, 1.807) is 6.08 Å². The van der Waals surface area contributed by atoms with Crippen LogP contribution in [-0.2, 0) is 9.59 Å². The van der Waals surface area contributed by atoms with Crippen LogP contribution in [0.3, 0.4) is 0 Å². The first-order valence-corrected chi connectivity index (χ1v) is 11.5. The second kappa shape index (κ2) is 11.6. The Morgan fingerprint density at radius 2 is 1.61 bits per heavy atom. The molecule has 2 aromatic carbocycles. The highest BCUT2D eigenvalue weighted by molar-refractivity contribution is 8.18. The van der Waals surface area contributed by atoms with Crippen molar-refractivity contribution < 1.29 is 24.2 Å². The molecule has 0 unspecified atom stereocenters. The van der Waals surface area contributed by atoms with Crippen LogP contribution in [0.25, 0.3) is 16.8 Å². The maximum absolute atomic E-state index is 11.9. The molecule has 1 aliphatic rings. The van der Waals surface area contributed by atoms with Crippen LogP contribution >= 0.6 is 11.8 Å². The fourth-order valence-corrected chi connectivity index (χ4v) is 4.23. The average Bonchev–Trinajstić information content (AvgIpc) is 3.07. The Hall–Kier alpha value is -2.80. The minimum Gasteiger partial charge on any atom is -0.493 e. The number of carbonyl (C=O) groups is 3. The number of fused-ring (bicyclic) bond motifs is 1. The molecule has 3 rings (SSSR count). The minimum atomic E-state index is -0.715. The van der Waals surface area contributed by atoms with Gasteiger partial charge in [-0.1, -0.05) is 62.4 Å². The van der Waals surface area contributed by atoms with Gasteiger partial charge in [-0.2, -0.15) is 0 Å². The number of thioether (sulfide) groups is 1. The largest absolute Gasteiger partial charge is 0.493 e. The van der Waals surface area contributed by atoms with Gasteiger partial charge in [-0.3, -0.25) is 19.7 Å². The Balaban J connectivity index is 1.50. The molecule has 164 valence electrons. The molecule has 1 aliphatic heterocycles. The summed E-state index contributed by atoms with van der Waals surface area (Å²) >= 11 is 0.914. The van der Waals surface area contributed by atoms with E-state index in [1.165, 1.54) is 0 Å². The van der Waals surface area contributed by atoms with E-state index >= 15 is 0 Å². The van der Waals surface area contributed by atoms with Crippen molar-refractivity contribution in [3.8, 4) is 5.75 Å². The minimum absolute atomic E-state index is 0.266. The van der Waals surface area contributed by atoms with Gasteiger partial charge in [0, 0.05) is 11.8 Å². The lowest BCUT2D eigenvalue weighted by Gasteiger charge is -2.11. The highest BCUT2D eigenvalue weighted by atomic mass is 32.2. The third-order valence-corrected chi connectivity index (χ3v) is 5.95. The van der Waals surface area contributed by atoms with Crippen molar-refractivity contribution in [2.45, 2.75) is 51.4 Å². The van der Waals surface area contributed by atoms with E-state index in [2.05, 4.69) is 5.32 Å². The molecule has 1 saturated heterocycles. The average molecular weight is 442 g/mol. The number of hydrogen-bond acceptors (Lipinski definition) is 5. The SMILES string of the molecule is O=C(O)CCCCCCCCCOc1ccc(C=C2SC(=O)NC2=O)c2ccccc12. The lowest BCUT2D eigenvalue weighted by molar-refractivity contribution is -0.137. The first-order chi connectivity index (χ1) is 15.0. The summed E-state index contributed by atoms with van der Waals surface area (Å²) in [5.74, 6) is -0.264. The summed E-state index contributed by atoms with van der Waals surface area (Å²) in [6.45, 7) is 0.635. The fourth-order valence-electron chi connectivity index (χ4n) is 3.55. The fraction of sp³-hybridized carbons (Fsp3) is 0.375. The van der Waals surface area contributed by atoms with E-state index in [9.17, 15) is 14.4 Å². The zero-order chi connectivity index (χ0) is 22.1. The number of rotatable bonds is 12. The number of unbranched alkanes of at least 4 members (excludes halogenated alkanes) is 6. The highest BCUT2D eigenvalue weighted by Gasteiger charge is 2.25. The second-order valence-electron chi connectivity index (χ2n) is 7.52. The van der Waals surface area contributed by atoms with Gasteiger partial charge in [-0.15, -0.1) is 0 Å². The van der Waals surface area contributed by atoms with Crippen LogP contribution in [-0.4, -0.2) is 28.8 Å². The van der Waals surface area contributed by atoms with Crippen molar-refractivity contribution >= 4 is 45.7 Å². The van der Waals surface area contributed by atoms with Gasteiger partial charge in [0.05, 0.1) is 11.5 Å². The van der Waals surface area contributed by atoms with Crippen molar-refractivity contribution in [2.75, 3.05) is 6.61 Å². The molecule has 0 aliphatic carbocycles. The molecular formula is C24H27NO5S. The Labute approximate surface area is 186 Å². The molecule has 1 heterocycles. The monoisotopic (exact) mass is 441 g/mol. The number of aliphatic carboxylic acids is 1. The zero-order valence-corrected chi connectivity index (χ0v) is 18.2. The number of hydrogen-bond donors (Lipinski definition) is 2. The van der Waals surface area contributed by atoms with Gasteiger partial charge in [-0.25, -0.2) is 0 Å². The van der Waals surface area contributed by atoms with E-state index in [0.717, 1.165) is 78.8 Å². The predicted octanol–water partition coefficient (Wildman–Crippen LogP) is 5.75. The van der Waals surface area contributed by atoms with E-state index in [0.29, 0.717) is 11.5 Å². The third kappa shape index (κ3) is 6.85. The van der Waals surface area contributed by atoms with Gasteiger partial charge in [-0.05, 0) is 47.7 Å². The molecule has 0 radical (unpaired) electrons. The van der Waals surface area contributed by atoms with Gasteiger partial charge >= 0.3 is 5.97 Å². The molecule has 1 fully saturated rings. The zero-order valence-electron chi connectivity index (χ0n) is 17.4. The second-order valence-corrected chi connectivity index (χ2v) is 8.53. The number of carboxylic acid groups (broad SMARTS) is 1. The van der Waals surface area contributed by atoms with Crippen molar-refractivity contribution in [2.24, 2.45) is 0 Å². The van der Waals surface area contributed by atoms with E-state index in [4.69, 9.17) is 9.84 Å². The van der Waals surface area contributed by atoms with Crippen molar-refractivity contribution in [1.29, 1.82) is 0 Å². The summed E-state index contributed by atoms with van der Waals surface area (Å²) in [4.78, 5) is 34.1. The topological polar surface area (TPSA) is 92.7 Å². The maximum Gasteiger partial charge on any atom is 0.303 e. The van der Waals surface area contributed by atoms with E-state index in [1.807, 2.05) is 36.4 Å². The first-order valence-electron chi connectivity index (χ1n) is 10.7. The number of imide groups is 1. The summed E-state index contributed by atoms with van der Waals surface area (Å²) in [5.41, 5.74) is 0.873. The summed E-state index contributed by atoms with van der Waals surface area (Å²) in [7, 11) is 0. The summed E-state index contributed by atoms with van der Waals surface area (Å²) in [6.07, 6.45) is 9.13. The van der Waals surface area contributed by atoms with Crippen LogP contribution in [0.5, 0.6) is 5.75 Å². The molecule has 2 aromatic rings. The maximum atomic E-state index is 11.9. The van der Waals surface area contributed by atoms with Gasteiger partial charge in [0.1, 0.15) is 5.75 Å². The Bertz CT molecular complexity index is 985. The number of amides is 2. The number of carboxylic acids is 1. The Morgan fingerprint density at radius 3 is 2.29 bits per heavy atom. The molecule has 0 atom stereocenters. The number of carbonyl (C=O) groups excluding carboxylic acids is 2. The lowest BCUT2D eigenvalue weighted by atomic mass is 10.0. The van der Waals surface area contributed by atoms with Crippen LogP contribution in [0, 0.1) is 0 Å². The molecule has 7 heteroatoms. The lowest BCUT2D eigenvalue weighted by Crippen LogP contribution is -2.17. The molecule has 0 aromatic heterocycles. The standard InChI is InChI=1S/C24H27NO5S/c26-22(27)12-6-4-2-1-3-5-9-15-30-20-14-13-17(18-10-7-8-11-19(18)20)16-21-23(28)25-24(29)31-21/h7-8,10-11,13-14,16H,1-6,9,12,15H2,(H,26,27)(H,25,28,29). The summed E-state index contributed by atoms with van der Waals surface area (Å²) in [6, 6.07) is 11.7. The predicted molar refractivity (Wildman–Crippen MR) is 123 cm³/mol. The molecule has 0 bridgehead atoms. The Morgan fingerprint density at radius 1 is 0.935 bits per heavy atom. The molecule has 0 spiro atoms. The van der Waals surface area contributed by atoms with Crippen LogP contribution in [0.1, 0.15) is 56.9 Å². The Kier molecular flexibility index (Phi) is 8.53.